The van der Waals surface area contributed by atoms with E-state index in [0.717, 1.165) is 55.0 Å². The third-order valence-electron chi connectivity index (χ3n) is 3.92. The number of carbonyl (C=O) groups excluding carboxylic acids is 1. The van der Waals surface area contributed by atoms with Crippen LogP contribution >= 0.6 is 0 Å². The first-order chi connectivity index (χ1) is 10.1. The molecule has 0 unspecified atom stereocenters. The van der Waals surface area contributed by atoms with Crippen LogP contribution < -0.4 is 5.32 Å². The summed E-state index contributed by atoms with van der Waals surface area (Å²) in [4.78, 5) is 18.7. The molecular formula is C17H25N3O. The van der Waals surface area contributed by atoms with Gasteiger partial charge in [0.2, 0.25) is 0 Å². The molecule has 1 N–H and O–H groups in total. The molecular weight excluding hydrogens is 262 g/mol. The van der Waals surface area contributed by atoms with Crippen molar-refractivity contribution in [1.29, 1.82) is 0 Å². The van der Waals surface area contributed by atoms with Crippen molar-refractivity contribution in [3.8, 4) is 0 Å². The normalized spacial score (nSPS) is 16.5. The number of para-hydroxylation sites is 1. The smallest absolute Gasteiger partial charge is 0.347 e. The van der Waals surface area contributed by atoms with Gasteiger partial charge in [0.05, 0.1) is 0 Å². The van der Waals surface area contributed by atoms with Gasteiger partial charge in [0.15, 0.2) is 0 Å². The van der Waals surface area contributed by atoms with Gasteiger partial charge in [0.1, 0.15) is 5.84 Å². The number of carbonyl (C=O) groups is 1. The van der Waals surface area contributed by atoms with Crippen LogP contribution in [0.4, 0.5) is 10.5 Å². The predicted molar refractivity (Wildman–Crippen MR) is 88.1 cm³/mol. The molecule has 114 valence electrons. The van der Waals surface area contributed by atoms with Gasteiger partial charge in [-0.15, -0.1) is 0 Å². The van der Waals surface area contributed by atoms with Crippen LogP contribution in [0, 0.1) is 13.8 Å². The second kappa shape index (κ2) is 7.25. The highest BCUT2D eigenvalue weighted by Gasteiger charge is 2.19. The van der Waals surface area contributed by atoms with Crippen LogP contribution in [0.5, 0.6) is 0 Å². The Morgan fingerprint density at radius 1 is 1.33 bits per heavy atom. The zero-order valence-corrected chi connectivity index (χ0v) is 13.3. The summed E-state index contributed by atoms with van der Waals surface area (Å²) in [6, 6.07) is 5.73. The molecule has 1 saturated heterocycles. The molecule has 1 aromatic carbocycles. The molecule has 0 saturated carbocycles. The number of benzene rings is 1. The average molecular weight is 287 g/mol. The molecule has 1 aliphatic heterocycles. The number of amides is 2. The highest BCUT2D eigenvalue weighted by atomic mass is 16.2. The molecule has 1 aromatic rings. The molecule has 4 nitrogen and oxygen atoms in total. The summed E-state index contributed by atoms with van der Waals surface area (Å²) in [6.07, 6.45) is 4.32. The van der Waals surface area contributed by atoms with Gasteiger partial charge in [-0.25, -0.2) is 4.79 Å². The van der Waals surface area contributed by atoms with Crippen molar-refractivity contribution in [2.45, 2.75) is 46.5 Å². The zero-order valence-electron chi connectivity index (χ0n) is 13.3. The van der Waals surface area contributed by atoms with E-state index in [2.05, 4.69) is 22.1 Å². The number of aliphatic imine (C=N–C) groups is 1. The summed E-state index contributed by atoms with van der Waals surface area (Å²) < 4.78 is 0. The van der Waals surface area contributed by atoms with Crippen LogP contribution in [-0.2, 0) is 0 Å². The van der Waals surface area contributed by atoms with E-state index >= 15 is 0 Å². The number of hydrogen-bond donors (Lipinski definition) is 1. The first kappa shape index (κ1) is 15.5. The van der Waals surface area contributed by atoms with Crippen LogP contribution in [0.2, 0.25) is 0 Å². The van der Waals surface area contributed by atoms with Crippen molar-refractivity contribution in [1.82, 2.24) is 4.90 Å². The number of anilines is 1. The quantitative estimate of drug-likeness (QED) is 0.905. The standard InChI is InChI=1S/C17H25N3O/c1-4-5-11-20-12-7-10-15(20)18-17(21)19-16-13(2)8-6-9-14(16)3/h6,8-9H,4-5,7,10-12H2,1-3H3,(H,19,21). The second-order valence-electron chi connectivity index (χ2n) is 5.67. The van der Waals surface area contributed by atoms with Crippen molar-refractivity contribution in [3.05, 3.63) is 29.3 Å². The second-order valence-corrected chi connectivity index (χ2v) is 5.67. The van der Waals surface area contributed by atoms with Gasteiger partial charge in [0, 0.05) is 25.2 Å². The van der Waals surface area contributed by atoms with E-state index in [-0.39, 0.29) is 6.03 Å². The topological polar surface area (TPSA) is 44.7 Å². The number of nitrogens with one attached hydrogen (secondary N) is 1. The number of hydrogen-bond acceptors (Lipinski definition) is 1. The molecule has 0 atom stereocenters. The monoisotopic (exact) mass is 287 g/mol. The molecule has 0 bridgehead atoms. The Bertz CT molecular complexity index is 517. The maximum absolute atomic E-state index is 12.2. The van der Waals surface area contributed by atoms with Crippen molar-refractivity contribution in [2.75, 3.05) is 18.4 Å². The third kappa shape index (κ3) is 4.06. The van der Waals surface area contributed by atoms with Gasteiger partial charge in [-0.1, -0.05) is 31.5 Å². The number of aryl methyl sites for hydroxylation is 2. The van der Waals surface area contributed by atoms with E-state index < -0.39 is 0 Å². The van der Waals surface area contributed by atoms with Crippen LogP contribution in [0.15, 0.2) is 23.2 Å². The lowest BCUT2D eigenvalue weighted by molar-refractivity contribution is 0.259. The molecule has 21 heavy (non-hydrogen) atoms. The van der Waals surface area contributed by atoms with Crippen LogP contribution in [0.1, 0.15) is 43.7 Å². The molecule has 4 heteroatoms. The number of urea groups is 1. The minimum absolute atomic E-state index is 0.259. The van der Waals surface area contributed by atoms with E-state index in [0.29, 0.717) is 0 Å². The fourth-order valence-corrected chi connectivity index (χ4v) is 2.70. The number of unbranched alkanes of at least 4 members (excludes halogenated alkanes) is 1. The number of nitrogens with zero attached hydrogens (tertiary/aromatic N) is 2. The maximum atomic E-state index is 12.2. The van der Waals surface area contributed by atoms with Crippen LogP contribution in [0.3, 0.4) is 0 Å². The van der Waals surface area contributed by atoms with Gasteiger partial charge in [-0.2, -0.15) is 4.99 Å². The molecule has 1 fully saturated rings. The highest BCUT2D eigenvalue weighted by molar-refractivity contribution is 6.01. The Kier molecular flexibility index (Phi) is 5.37. The number of rotatable bonds is 4. The third-order valence-corrected chi connectivity index (χ3v) is 3.92. The first-order valence-corrected chi connectivity index (χ1v) is 7.81. The van der Waals surface area contributed by atoms with Crippen molar-refractivity contribution >= 4 is 17.6 Å². The van der Waals surface area contributed by atoms with E-state index in [1.54, 1.807) is 0 Å². The van der Waals surface area contributed by atoms with Gasteiger partial charge in [-0.3, -0.25) is 0 Å². The fourth-order valence-electron chi connectivity index (χ4n) is 2.70. The van der Waals surface area contributed by atoms with E-state index in [4.69, 9.17) is 0 Å². The summed E-state index contributed by atoms with van der Waals surface area (Å²) in [5.74, 6) is 0.937. The molecule has 0 aliphatic carbocycles. The molecule has 2 amide bonds. The molecule has 1 heterocycles. The Morgan fingerprint density at radius 2 is 2.05 bits per heavy atom. The lowest BCUT2D eigenvalue weighted by Gasteiger charge is -2.18. The zero-order chi connectivity index (χ0) is 15.2. The SMILES string of the molecule is CCCCN1CCCC1=NC(=O)Nc1c(C)cccc1C. The summed E-state index contributed by atoms with van der Waals surface area (Å²) in [5.41, 5.74) is 3.01. The van der Waals surface area contributed by atoms with Crippen molar-refractivity contribution in [2.24, 2.45) is 4.99 Å². The highest BCUT2D eigenvalue weighted by Crippen LogP contribution is 2.20. The molecule has 0 spiro atoms. The largest absolute Gasteiger partial charge is 0.360 e. The fraction of sp³-hybridized carbons (Fsp3) is 0.529. The Hall–Kier alpha value is -1.84. The maximum Gasteiger partial charge on any atom is 0.347 e. The van der Waals surface area contributed by atoms with E-state index in [1.807, 2.05) is 32.0 Å². The number of amidine groups is 1. The summed E-state index contributed by atoms with van der Waals surface area (Å²) >= 11 is 0. The van der Waals surface area contributed by atoms with Gasteiger partial charge in [-0.05, 0) is 37.8 Å². The minimum atomic E-state index is -0.259. The van der Waals surface area contributed by atoms with Crippen molar-refractivity contribution < 1.29 is 4.79 Å². The first-order valence-electron chi connectivity index (χ1n) is 7.81. The molecule has 1 aliphatic rings. The van der Waals surface area contributed by atoms with Crippen LogP contribution in [-0.4, -0.2) is 29.9 Å². The molecule has 2 rings (SSSR count). The predicted octanol–water partition coefficient (Wildman–Crippen LogP) is 4.13. The average Bonchev–Trinajstić information content (AvgIpc) is 2.88. The molecule has 0 radical (unpaired) electrons. The Balaban J connectivity index is 2.05. The van der Waals surface area contributed by atoms with Gasteiger partial charge < -0.3 is 10.2 Å². The lowest BCUT2D eigenvalue weighted by atomic mass is 10.1. The summed E-state index contributed by atoms with van der Waals surface area (Å²) in [6.45, 7) is 8.21. The van der Waals surface area contributed by atoms with Crippen LogP contribution in [0.25, 0.3) is 0 Å². The minimum Gasteiger partial charge on any atom is -0.360 e. The van der Waals surface area contributed by atoms with Gasteiger partial charge >= 0.3 is 6.03 Å². The van der Waals surface area contributed by atoms with E-state index in [1.165, 1.54) is 6.42 Å². The summed E-state index contributed by atoms with van der Waals surface area (Å²) in [5, 5.41) is 2.93. The van der Waals surface area contributed by atoms with Crippen molar-refractivity contribution in [3.63, 3.8) is 0 Å². The summed E-state index contributed by atoms with van der Waals surface area (Å²) in [7, 11) is 0. The lowest BCUT2D eigenvalue weighted by Crippen LogP contribution is -2.27. The molecule has 0 aromatic heterocycles. The Labute approximate surface area is 127 Å². The van der Waals surface area contributed by atoms with E-state index in [9.17, 15) is 4.79 Å². The number of likely N-dealkylation sites (tertiary alicyclic amines) is 1. The van der Waals surface area contributed by atoms with Gasteiger partial charge in [0.25, 0.3) is 0 Å². The Morgan fingerprint density at radius 3 is 2.71 bits per heavy atom.